The first kappa shape index (κ1) is 19.5. The van der Waals surface area contributed by atoms with Crippen LogP contribution in [0.1, 0.15) is 23.0 Å². The van der Waals surface area contributed by atoms with Crippen LogP contribution < -0.4 is 5.32 Å². The second kappa shape index (κ2) is 8.34. The van der Waals surface area contributed by atoms with E-state index in [9.17, 15) is 4.79 Å². The number of hydrogen-bond donors (Lipinski definition) is 1. The molecule has 0 spiro atoms. The maximum absolute atomic E-state index is 12.6. The Kier molecular flexibility index (Phi) is 7.06. The summed E-state index contributed by atoms with van der Waals surface area (Å²) in [5.41, 5.74) is 2.44. The average molecular weight is 358 g/mol. The SMILES string of the molecule is Cc1ccc(-c2ocnc2C(=O)N2CCN[C@H](C)C2)cc1.Cl.Cl. The molecule has 23 heavy (non-hydrogen) atoms. The molecule has 5 nitrogen and oxygen atoms in total. The lowest BCUT2D eigenvalue weighted by Crippen LogP contribution is -2.51. The van der Waals surface area contributed by atoms with Crippen LogP contribution in [-0.2, 0) is 0 Å². The molecule has 1 aromatic carbocycles. The van der Waals surface area contributed by atoms with Crippen molar-refractivity contribution in [3.8, 4) is 11.3 Å². The second-order valence-electron chi connectivity index (χ2n) is 5.50. The zero-order valence-electron chi connectivity index (χ0n) is 13.1. The van der Waals surface area contributed by atoms with Crippen molar-refractivity contribution in [1.82, 2.24) is 15.2 Å². The van der Waals surface area contributed by atoms with Gasteiger partial charge in [-0.05, 0) is 13.8 Å². The Labute approximate surface area is 148 Å². The van der Waals surface area contributed by atoms with Crippen LogP contribution in [0.25, 0.3) is 11.3 Å². The smallest absolute Gasteiger partial charge is 0.276 e. The largest absolute Gasteiger partial charge is 0.443 e. The van der Waals surface area contributed by atoms with Crippen molar-refractivity contribution in [1.29, 1.82) is 0 Å². The summed E-state index contributed by atoms with van der Waals surface area (Å²) in [6, 6.07) is 8.20. The van der Waals surface area contributed by atoms with Crippen molar-refractivity contribution in [3.05, 3.63) is 41.9 Å². The van der Waals surface area contributed by atoms with E-state index in [2.05, 4.69) is 17.2 Å². The normalized spacial score (nSPS) is 17.1. The van der Waals surface area contributed by atoms with E-state index in [0.717, 1.165) is 12.1 Å². The molecule has 2 heterocycles. The number of halogens is 2. The molecule has 1 atom stereocenters. The van der Waals surface area contributed by atoms with Crippen LogP contribution in [0.4, 0.5) is 0 Å². The zero-order chi connectivity index (χ0) is 14.8. The number of carbonyl (C=O) groups excluding carboxylic acids is 1. The number of carbonyl (C=O) groups is 1. The van der Waals surface area contributed by atoms with Crippen LogP contribution in [0.5, 0.6) is 0 Å². The van der Waals surface area contributed by atoms with E-state index in [1.807, 2.05) is 36.1 Å². The third-order valence-electron chi connectivity index (χ3n) is 3.74. The molecule has 126 valence electrons. The van der Waals surface area contributed by atoms with E-state index in [0.29, 0.717) is 30.6 Å². The lowest BCUT2D eigenvalue weighted by Gasteiger charge is -2.31. The van der Waals surface area contributed by atoms with Gasteiger partial charge in [-0.3, -0.25) is 4.79 Å². The van der Waals surface area contributed by atoms with Crippen molar-refractivity contribution in [2.45, 2.75) is 19.9 Å². The van der Waals surface area contributed by atoms with Crippen LogP contribution in [0.3, 0.4) is 0 Å². The Bertz CT molecular complexity index is 643. The first-order chi connectivity index (χ1) is 10.1. The first-order valence-electron chi connectivity index (χ1n) is 7.18. The number of nitrogens with one attached hydrogen (secondary N) is 1. The fourth-order valence-corrected chi connectivity index (χ4v) is 2.57. The van der Waals surface area contributed by atoms with E-state index < -0.39 is 0 Å². The third kappa shape index (κ3) is 4.25. The minimum atomic E-state index is -0.0623. The van der Waals surface area contributed by atoms with E-state index in [-0.39, 0.29) is 30.7 Å². The van der Waals surface area contributed by atoms with Gasteiger partial charge in [0.05, 0.1) is 0 Å². The van der Waals surface area contributed by atoms with E-state index in [1.165, 1.54) is 12.0 Å². The lowest BCUT2D eigenvalue weighted by molar-refractivity contribution is 0.0704. The van der Waals surface area contributed by atoms with Gasteiger partial charge in [0.1, 0.15) is 0 Å². The quantitative estimate of drug-likeness (QED) is 0.897. The van der Waals surface area contributed by atoms with Crippen molar-refractivity contribution in [2.75, 3.05) is 19.6 Å². The number of aromatic nitrogens is 1. The molecule has 0 aliphatic carbocycles. The highest BCUT2D eigenvalue weighted by molar-refractivity contribution is 5.97. The number of oxazole rings is 1. The Morgan fingerprint density at radius 3 is 2.65 bits per heavy atom. The van der Waals surface area contributed by atoms with Crippen LogP contribution in [0.2, 0.25) is 0 Å². The number of hydrogen-bond acceptors (Lipinski definition) is 4. The molecule has 1 N–H and O–H groups in total. The van der Waals surface area contributed by atoms with Gasteiger partial charge in [-0.15, -0.1) is 24.8 Å². The topological polar surface area (TPSA) is 58.4 Å². The molecular formula is C16H21Cl2N3O2. The van der Waals surface area contributed by atoms with Crippen LogP contribution >= 0.6 is 24.8 Å². The number of nitrogens with zero attached hydrogens (tertiary/aromatic N) is 2. The maximum Gasteiger partial charge on any atom is 0.276 e. The number of piperazine rings is 1. The summed E-state index contributed by atoms with van der Waals surface area (Å²) in [6.07, 6.45) is 1.34. The predicted octanol–water partition coefficient (Wildman–Crippen LogP) is 2.93. The van der Waals surface area contributed by atoms with Crippen molar-refractivity contribution in [2.24, 2.45) is 0 Å². The van der Waals surface area contributed by atoms with Gasteiger partial charge in [-0.2, -0.15) is 0 Å². The molecule has 1 aromatic heterocycles. The molecule has 7 heteroatoms. The van der Waals surface area contributed by atoms with E-state index in [4.69, 9.17) is 4.42 Å². The van der Waals surface area contributed by atoms with Gasteiger partial charge in [0.15, 0.2) is 17.8 Å². The highest BCUT2D eigenvalue weighted by Crippen LogP contribution is 2.24. The van der Waals surface area contributed by atoms with Gasteiger partial charge in [-0.25, -0.2) is 4.98 Å². The summed E-state index contributed by atoms with van der Waals surface area (Å²) >= 11 is 0. The molecular weight excluding hydrogens is 337 g/mol. The monoisotopic (exact) mass is 357 g/mol. The minimum absolute atomic E-state index is 0. The summed E-state index contributed by atoms with van der Waals surface area (Å²) in [4.78, 5) is 18.6. The standard InChI is InChI=1S/C16H19N3O2.2ClH/c1-11-3-5-13(6-4-11)15-14(18-10-21-15)16(20)19-8-7-17-12(2)9-19;;/h3-6,10,12,17H,7-9H2,1-2H3;2*1H/t12-;;/m1../s1. The molecule has 1 saturated heterocycles. The van der Waals surface area contributed by atoms with Crippen LogP contribution in [0.15, 0.2) is 35.1 Å². The Balaban J connectivity index is 0.00000132. The minimum Gasteiger partial charge on any atom is -0.443 e. The molecule has 0 saturated carbocycles. The van der Waals surface area contributed by atoms with Gasteiger partial charge in [0.2, 0.25) is 0 Å². The maximum atomic E-state index is 12.6. The second-order valence-corrected chi connectivity index (χ2v) is 5.50. The molecule has 0 unspecified atom stereocenters. The Morgan fingerprint density at radius 1 is 1.30 bits per heavy atom. The van der Waals surface area contributed by atoms with E-state index in [1.54, 1.807) is 0 Å². The molecule has 1 amide bonds. The summed E-state index contributed by atoms with van der Waals surface area (Å²) in [5.74, 6) is 0.485. The summed E-state index contributed by atoms with van der Waals surface area (Å²) in [5, 5.41) is 3.33. The van der Waals surface area contributed by atoms with Gasteiger partial charge >= 0.3 is 0 Å². The number of amides is 1. The third-order valence-corrected chi connectivity index (χ3v) is 3.74. The highest BCUT2D eigenvalue weighted by Gasteiger charge is 2.26. The fourth-order valence-electron chi connectivity index (χ4n) is 2.57. The average Bonchev–Trinajstić information content (AvgIpc) is 2.96. The lowest BCUT2D eigenvalue weighted by atomic mass is 10.1. The van der Waals surface area contributed by atoms with Gasteiger partial charge < -0.3 is 14.6 Å². The first-order valence-corrected chi connectivity index (χ1v) is 7.18. The van der Waals surface area contributed by atoms with Crippen molar-refractivity contribution >= 4 is 30.7 Å². The summed E-state index contributed by atoms with van der Waals surface area (Å²) in [6.45, 7) is 6.30. The zero-order valence-corrected chi connectivity index (χ0v) is 14.7. The molecule has 2 aromatic rings. The molecule has 0 radical (unpaired) electrons. The van der Waals surface area contributed by atoms with Gasteiger partial charge in [0.25, 0.3) is 5.91 Å². The Morgan fingerprint density at radius 2 is 2.00 bits per heavy atom. The van der Waals surface area contributed by atoms with Gasteiger partial charge in [0, 0.05) is 31.2 Å². The Hall–Kier alpha value is -1.56. The molecule has 3 rings (SSSR count). The summed E-state index contributed by atoms with van der Waals surface area (Å²) in [7, 11) is 0. The number of benzene rings is 1. The fraction of sp³-hybridized carbons (Fsp3) is 0.375. The van der Waals surface area contributed by atoms with Crippen molar-refractivity contribution in [3.63, 3.8) is 0 Å². The molecule has 1 fully saturated rings. The highest BCUT2D eigenvalue weighted by atomic mass is 35.5. The molecule has 0 bridgehead atoms. The molecule has 1 aliphatic heterocycles. The summed E-state index contributed by atoms with van der Waals surface area (Å²) < 4.78 is 5.46. The van der Waals surface area contributed by atoms with Gasteiger partial charge in [-0.1, -0.05) is 29.8 Å². The predicted molar refractivity (Wildman–Crippen MR) is 94.5 cm³/mol. The van der Waals surface area contributed by atoms with Crippen LogP contribution in [-0.4, -0.2) is 41.5 Å². The van der Waals surface area contributed by atoms with Crippen LogP contribution in [0, 0.1) is 6.92 Å². The van der Waals surface area contributed by atoms with E-state index >= 15 is 0 Å². The number of rotatable bonds is 2. The van der Waals surface area contributed by atoms with Crippen molar-refractivity contribution < 1.29 is 9.21 Å². The molecule has 1 aliphatic rings. The number of aryl methyl sites for hydroxylation is 1.